The molecule has 8 heteroatoms. The van der Waals surface area contributed by atoms with Crippen molar-refractivity contribution in [1.29, 1.82) is 0 Å². The summed E-state index contributed by atoms with van der Waals surface area (Å²) in [5.41, 5.74) is 0. The van der Waals surface area contributed by atoms with Gasteiger partial charge in [0.25, 0.3) is 0 Å². The Bertz CT molecular complexity index is 789. The highest BCUT2D eigenvalue weighted by Gasteiger charge is 2.27. The van der Waals surface area contributed by atoms with Crippen molar-refractivity contribution in [3.63, 3.8) is 0 Å². The summed E-state index contributed by atoms with van der Waals surface area (Å²) in [5.74, 6) is 1.46. The van der Waals surface area contributed by atoms with E-state index < -0.39 is 9.84 Å². The van der Waals surface area contributed by atoms with Crippen LogP contribution in [-0.4, -0.2) is 70.9 Å². The quantitative estimate of drug-likeness (QED) is 0.388. The molecule has 0 aromatic heterocycles. The third-order valence-electron chi connectivity index (χ3n) is 6.02. The molecule has 1 aliphatic carbocycles. The Morgan fingerprint density at radius 1 is 1.13 bits per heavy atom. The Hall–Kier alpha value is -1.80. The molecule has 1 heterocycles. The van der Waals surface area contributed by atoms with Crippen molar-refractivity contribution in [3.8, 4) is 5.75 Å². The molecule has 0 amide bonds. The summed E-state index contributed by atoms with van der Waals surface area (Å²) in [6.07, 6.45) is 10.5. The Balaban J connectivity index is 1.39. The Morgan fingerprint density at radius 3 is 2.53 bits per heavy atom. The first-order chi connectivity index (χ1) is 14.5. The van der Waals surface area contributed by atoms with Crippen LogP contribution >= 0.6 is 0 Å². The molecule has 2 aliphatic rings. The molecular weight excluding hydrogens is 400 g/mol. The van der Waals surface area contributed by atoms with Gasteiger partial charge in [-0.3, -0.25) is 9.89 Å². The maximum absolute atomic E-state index is 11.5. The summed E-state index contributed by atoms with van der Waals surface area (Å²) in [5, 5.41) is 6.89. The average molecular weight is 437 g/mol. The molecule has 1 aromatic rings. The van der Waals surface area contributed by atoms with Crippen LogP contribution in [0.15, 0.2) is 34.2 Å². The van der Waals surface area contributed by atoms with E-state index in [1.807, 2.05) is 0 Å². The standard InChI is InChI=1S/C22H36N4O3S/c1-23-22(24-14-16-29-20-10-12-21(13-11-20)30(2,27)28)25-18-7-6-15-26(17-18)19-8-4-3-5-9-19/h10-13,18-19H,3-9,14-17H2,1-2H3,(H2,23,24,25). The second-order valence-corrected chi connectivity index (χ2v) is 10.4. The number of benzene rings is 1. The van der Waals surface area contributed by atoms with Crippen LogP contribution in [0.5, 0.6) is 5.75 Å². The Labute approximate surface area is 181 Å². The van der Waals surface area contributed by atoms with Gasteiger partial charge >= 0.3 is 0 Å². The maximum Gasteiger partial charge on any atom is 0.191 e. The number of likely N-dealkylation sites (tertiary alicyclic amines) is 1. The van der Waals surface area contributed by atoms with Gasteiger partial charge in [0.1, 0.15) is 12.4 Å². The largest absolute Gasteiger partial charge is 0.492 e. The highest BCUT2D eigenvalue weighted by molar-refractivity contribution is 7.90. The van der Waals surface area contributed by atoms with E-state index in [0.717, 1.165) is 18.5 Å². The minimum Gasteiger partial charge on any atom is -0.492 e. The van der Waals surface area contributed by atoms with Gasteiger partial charge in [-0.2, -0.15) is 0 Å². The second kappa shape index (κ2) is 11.0. The van der Waals surface area contributed by atoms with Crippen LogP contribution in [0.25, 0.3) is 0 Å². The molecule has 1 saturated heterocycles. The van der Waals surface area contributed by atoms with Crippen LogP contribution in [0, 0.1) is 0 Å². The lowest BCUT2D eigenvalue weighted by Crippen LogP contribution is -2.53. The zero-order valence-corrected chi connectivity index (χ0v) is 19.1. The van der Waals surface area contributed by atoms with E-state index >= 15 is 0 Å². The molecule has 1 aromatic carbocycles. The zero-order valence-electron chi connectivity index (χ0n) is 18.3. The molecular formula is C22H36N4O3S. The summed E-state index contributed by atoms with van der Waals surface area (Å²) in [6, 6.07) is 7.70. The maximum atomic E-state index is 11.5. The molecule has 30 heavy (non-hydrogen) atoms. The van der Waals surface area contributed by atoms with Crippen molar-refractivity contribution < 1.29 is 13.2 Å². The lowest BCUT2D eigenvalue weighted by molar-refractivity contribution is 0.115. The molecule has 1 saturated carbocycles. The van der Waals surface area contributed by atoms with Gasteiger partial charge in [0.15, 0.2) is 15.8 Å². The number of nitrogens with one attached hydrogen (secondary N) is 2. The van der Waals surface area contributed by atoms with Crippen molar-refractivity contribution in [2.45, 2.75) is 61.9 Å². The molecule has 3 rings (SSSR count). The van der Waals surface area contributed by atoms with Crippen LogP contribution in [0.1, 0.15) is 44.9 Å². The van der Waals surface area contributed by atoms with Crippen LogP contribution in [0.3, 0.4) is 0 Å². The zero-order chi connectivity index (χ0) is 21.4. The number of piperidine rings is 1. The summed E-state index contributed by atoms with van der Waals surface area (Å²) in [4.78, 5) is 7.33. The highest BCUT2D eigenvalue weighted by Crippen LogP contribution is 2.25. The summed E-state index contributed by atoms with van der Waals surface area (Å²) in [7, 11) is -1.39. The minimum atomic E-state index is -3.18. The van der Waals surface area contributed by atoms with Crippen molar-refractivity contribution in [3.05, 3.63) is 24.3 Å². The molecule has 0 bridgehead atoms. The fourth-order valence-electron chi connectivity index (χ4n) is 4.41. The molecule has 1 aliphatic heterocycles. The number of guanidine groups is 1. The molecule has 2 N–H and O–H groups in total. The summed E-state index contributed by atoms with van der Waals surface area (Å²) in [6.45, 7) is 3.40. The van der Waals surface area contributed by atoms with Gasteiger partial charge in [0, 0.05) is 31.9 Å². The number of hydrogen-bond donors (Lipinski definition) is 2. The third kappa shape index (κ3) is 6.87. The molecule has 1 unspecified atom stereocenters. The molecule has 0 spiro atoms. The Kier molecular flexibility index (Phi) is 8.39. The lowest BCUT2D eigenvalue weighted by atomic mass is 9.92. The van der Waals surface area contributed by atoms with Gasteiger partial charge in [0.2, 0.25) is 0 Å². The van der Waals surface area contributed by atoms with Gasteiger partial charge in [-0.15, -0.1) is 0 Å². The van der Waals surface area contributed by atoms with E-state index in [1.165, 1.54) is 57.7 Å². The smallest absolute Gasteiger partial charge is 0.191 e. The van der Waals surface area contributed by atoms with E-state index in [0.29, 0.717) is 29.8 Å². The van der Waals surface area contributed by atoms with Crippen LogP contribution < -0.4 is 15.4 Å². The summed E-state index contributed by atoms with van der Waals surface area (Å²) >= 11 is 0. The number of ether oxygens (including phenoxy) is 1. The number of nitrogens with zero attached hydrogens (tertiary/aromatic N) is 2. The van der Waals surface area contributed by atoms with Gasteiger partial charge in [-0.1, -0.05) is 19.3 Å². The van der Waals surface area contributed by atoms with Crippen molar-refractivity contribution in [2.24, 2.45) is 4.99 Å². The van der Waals surface area contributed by atoms with Crippen LogP contribution in [0.4, 0.5) is 0 Å². The molecule has 2 fully saturated rings. The molecule has 7 nitrogen and oxygen atoms in total. The highest BCUT2D eigenvalue weighted by atomic mass is 32.2. The monoisotopic (exact) mass is 436 g/mol. The lowest BCUT2D eigenvalue weighted by Gasteiger charge is -2.40. The Morgan fingerprint density at radius 2 is 1.87 bits per heavy atom. The van der Waals surface area contributed by atoms with Gasteiger partial charge < -0.3 is 15.4 Å². The molecule has 0 radical (unpaired) electrons. The fourth-order valence-corrected chi connectivity index (χ4v) is 5.04. The first-order valence-corrected chi connectivity index (χ1v) is 13.0. The van der Waals surface area contributed by atoms with Gasteiger partial charge in [-0.05, 0) is 56.5 Å². The van der Waals surface area contributed by atoms with Gasteiger partial charge in [-0.25, -0.2) is 8.42 Å². The topological polar surface area (TPSA) is 83.0 Å². The molecule has 168 valence electrons. The normalized spacial score (nSPS) is 21.9. The van der Waals surface area contributed by atoms with E-state index in [9.17, 15) is 8.42 Å². The van der Waals surface area contributed by atoms with Crippen molar-refractivity contribution >= 4 is 15.8 Å². The van der Waals surface area contributed by atoms with E-state index in [1.54, 1.807) is 31.3 Å². The van der Waals surface area contributed by atoms with E-state index in [2.05, 4.69) is 20.5 Å². The van der Waals surface area contributed by atoms with Crippen LogP contribution in [0.2, 0.25) is 0 Å². The van der Waals surface area contributed by atoms with E-state index in [4.69, 9.17) is 4.74 Å². The van der Waals surface area contributed by atoms with Gasteiger partial charge in [0.05, 0.1) is 11.4 Å². The third-order valence-corrected chi connectivity index (χ3v) is 7.15. The summed E-state index contributed by atoms with van der Waals surface area (Å²) < 4.78 is 28.7. The average Bonchev–Trinajstić information content (AvgIpc) is 2.76. The number of aliphatic imine (C=N–C) groups is 1. The predicted molar refractivity (Wildman–Crippen MR) is 121 cm³/mol. The molecule has 1 atom stereocenters. The number of sulfone groups is 1. The van der Waals surface area contributed by atoms with E-state index in [-0.39, 0.29) is 0 Å². The van der Waals surface area contributed by atoms with Crippen LogP contribution in [-0.2, 0) is 9.84 Å². The first kappa shape index (κ1) is 22.9. The fraction of sp³-hybridized carbons (Fsp3) is 0.682. The van der Waals surface area contributed by atoms with Crippen molar-refractivity contribution in [2.75, 3.05) is 39.5 Å². The second-order valence-electron chi connectivity index (χ2n) is 8.36. The number of rotatable bonds is 7. The number of hydrogen-bond acceptors (Lipinski definition) is 5. The SMILES string of the molecule is CN=C(NCCOc1ccc(S(C)(=O)=O)cc1)NC1CCCN(C2CCCCC2)C1. The predicted octanol–water partition coefficient (Wildman–Crippen LogP) is 2.43. The first-order valence-electron chi connectivity index (χ1n) is 11.1. The van der Waals surface area contributed by atoms with Crippen molar-refractivity contribution in [1.82, 2.24) is 15.5 Å². The minimum absolute atomic E-state index is 0.298.